The molecule has 1 heterocycles. The van der Waals surface area contributed by atoms with Gasteiger partial charge in [0.25, 0.3) is 0 Å². The highest BCUT2D eigenvalue weighted by molar-refractivity contribution is 6.30. The van der Waals surface area contributed by atoms with Gasteiger partial charge in [-0.15, -0.1) is 0 Å². The number of rotatable bonds is 2. The van der Waals surface area contributed by atoms with Gasteiger partial charge in [0.05, 0.1) is 17.2 Å². The first-order chi connectivity index (χ1) is 8.47. The van der Waals surface area contributed by atoms with Gasteiger partial charge in [-0.25, -0.2) is 0 Å². The maximum atomic E-state index is 9.56. The lowest BCUT2D eigenvalue weighted by Gasteiger charge is -2.33. The highest BCUT2D eigenvalue weighted by Gasteiger charge is 2.36. The highest BCUT2D eigenvalue weighted by Crippen LogP contribution is 2.42. The summed E-state index contributed by atoms with van der Waals surface area (Å²) in [5.41, 5.74) is 1.77. The lowest BCUT2D eigenvalue weighted by atomic mass is 9.69. The first-order valence-corrected chi connectivity index (χ1v) is 6.94. The summed E-state index contributed by atoms with van der Waals surface area (Å²) in [6.45, 7) is 4.24. The number of hydrogen-bond acceptors (Lipinski definition) is 2. The van der Waals surface area contributed by atoms with Crippen LogP contribution in [0.5, 0.6) is 0 Å². The summed E-state index contributed by atoms with van der Waals surface area (Å²) < 4.78 is 1.70. The van der Waals surface area contributed by atoms with Crippen LogP contribution in [0.1, 0.15) is 43.9 Å². The number of aromatic nitrogens is 2. The number of nitrogens with zero attached hydrogens (tertiary/aromatic N) is 3. The van der Waals surface area contributed by atoms with Crippen molar-refractivity contribution in [2.24, 2.45) is 18.4 Å². The van der Waals surface area contributed by atoms with Crippen molar-refractivity contribution < 1.29 is 0 Å². The summed E-state index contributed by atoms with van der Waals surface area (Å²) in [6, 6.07) is 2.55. The zero-order chi connectivity index (χ0) is 13.3. The molecule has 1 aliphatic rings. The fraction of sp³-hybridized carbons (Fsp3) is 0.714. The minimum absolute atomic E-state index is 0.232. The Morgan fingerprint density at radius 1 is 1.50 bits per heavy atom. The second-order valence-electron chi connectivity index (χ2n) is 5.73. The predicted octanol–water partition coefficient (Wildman–Crippen LogP) is 3.64. The van der Waals surface area contributed by atoms with E-state index in [2.05, 4.69) is 18.1 Å². The number of aryl methyl sites for hydroxylation is 2. The van der Waals surface area contributed by atoms with Crippen LogP contribution in [0.15, 0.2) is 0 Å². The van der Waals surface area contributed by atoms with Gasteiger partial charge < -0.3 is 0 Å². The molecule has 0 amide bonds. The molecule has 0 N–H and O–H groups in total. The molecule has 0 unspecified atom stereocenters. The smallest absolute Gasteiger partial charge is 0.130 e. The Labute approximate surface area is 114 Å². The molecule has 0 spiro atoms. The van der Waals surface area contributed by atoms with Gasteiger partial charge >= 0.3 is 0 Å². The van der Waals surface area contributed by atoms with Gasteiger partial charge in [0.15, 0.2) is 0 Å². The Morgan fingerprint density at radius 2 is 2.11 bits per heavy atom. The average molecular weight is 266 g/mol. The normalized spacial score (nSPS) is 28.1. The van der Waals surface area contributed by atoms with E-state index in [0.717, 1.165) is 49.3 Å². The van der Waals surface area contributed by atoms with Crippen molar-refractivity contribution >= 4 is 11.6 Å². The third-order valence-electron chi connectivity index (χ3n) is 4.25. The van der Waals surface area contributed by atoms with Crippen LogP contribution in [0, 0.1) is 29.6 Å². The van der Waals surface area contributed by atoms with E-state index in [1.54, 1.807) is 4.68 Å². The van der Waals surface area contributed by atoms with Crippen molar-refractivity contribution in [1.29, 1.82) is 5.26 Å². The molecule has 3 nitrogen and oxygen atoms in total. The third kappa shape index (κ3) is 2.40. The van der Waals surface area contributed by atoms with Crippen LogP contribution in [0.2, 0.25) is 5.15 Å². The summed E-state index contributed by atoms with van der Waals surface area (Å²) >= 11 is 6.27. The van der Waals surface area contributed by atoms with Crippen molar-refractivity contribution in [3.63, 3.8) is 0 Å². The van der Waals surface area contributed by atoms with Gasteiger partial charge in [-0.3, -0.25) is 4.68 Å². The van der Waals surface area contributed by atoms with E-state index < -0.39 is 0 Å². The van der Waals surface area contributed by atoms with Crippen molar-refractivity contribution in [3.8, 4) is 6.07 Å². The predicted molar refractivity (Wildman–Crippen MR) is 72.3 cm³/mol. The zero-order valence-electron chi connectivity index (χ0n) is 11.3. The molecule has 1 aliphatic carbocycles. The molecule has 0 atom stereocenters. The topological polar surface area (TPSA) is 41.6 Å². The fourth-order valence-corrected chi connectivity index (χ4v) is 3.10. The van der Waals surface area contributed by atoms with E-state index in [1.807, 2.05) is 14.0 Å². The molecule has 0 bridgehead atoms. The summed E-state index contributed by atoms with van der Waals surface area (Å²) in [5.74, 6) is 0.747. The molecule has 18 heavy (non-hydrogen) atoms. The average Bonchev–Trinajstić information content (AvgIpc) is 2.59. The Hall–Kier alpha value is -1.01. The van der Waals surface area contributed by atoms with Crippen molar-refractivity contribution in [2.75, 3.05) is 0 Å². The van der Waals surface area contributed by atoms with Gasteiger partial charge in [0, 0.05) is 12.6 Å². The van der Waals surface area contributed by atoms with Crippen LogP contribution >= 0.6 is 11.6 Å². The Balaban J connectivity index is 2.23. The molecule has 1 fully saturated rings. The minimum Gasteiger partial charge on any atom is -0.257 e. The van der Waals surface area contributed by atoms with Gasteiger partial charge in [-0.2, -0.15) is 10.4 Å². The number of halogens is 1. The third-order valence-corrected chi connectivity index (χ3v) is 4.73. The van der Waals surface area contributed by atoms with Crippen LogP contribution in [0.3, 0.4) is 0 Å². The standard InChI is InChI=1S/C14H20ClN3/c1-10-4-6-14(9-16,7-5-10)8-12-11(2)17-18(3)13(12)15/h10H,4-8H2,1-3H3. The molecule has 0 aromatic carbocycles. The van der Waals surface area contributed by atoms with Gasteiger partial charge in [0.1, 0.15) is 5.15 Å². The van der Waals surface area contributed by atoms with E-state index in [-0.39, 0.29) is 5.41 Å². The largest absolute Gasteiger partial charge is 0.257 e. The summed E-state index contributed by atoms with van der Waals surface area (Å²) in [5, 5.41) is 14.6. The van der Waals surface area contributed by atoms with Gasteiger partial charge in [0.2, 0.25) is 0 Å². The minimum atomic E-state index is -0.232. The molecule has 1 aromatic heterocycles. The highest BCUT2D eigenvalue weighted by atomic mass is 35.5. The SMILES string of the molecule is Cc1nn(C)c(Cl)c1CC1(C#N)CCC(C)CC1. The lowest BCUT2D eigenvalue weighted by molar-refractivity contribution is 0.218. The quantitative estimate of drug-likeness (QED) is 0.819. The number of nitriles is 1. The summed E-state index contributed by atoms with van der Waals surface area (Å²) in [4.78, 5) is 0. The Morgan fingerprint density at radius 3 is 2.56 bits per heavy atom. The Kier molecular flexibility index (Phi) is 3.68. The van der Waals surface area contributed by atoms with Crippen molar-refractivity contribution in [1.82, 2.24) is 9.78 Å². The molecular formula is C14H20ClN3. The van der Waals surface area contributed by atoms with E-state index in [0.29, 0.717) is 5.15 Å². The molecular weight excluding hydrogens is 246 g/mol. The molecule has 2 rings (SSSR count). The monoisotopic (exact) mass is 265 g/mol. The first kappa shape index (κ1) is 13.4. The molecule has 0 aliphatic heterocycles. The lowest BCUT2D eigenvalue weighted by Crippen LogP contribution is -2.27. The first-order valence-electron chi connectivity index (χ1n) is 6.57. The summed E-state index contributed by atoms with van der Waals surface area (Å²) in [6.07, 6.45) is 4.99. The van der Waals surface area contributed by atoms with E-state index in [9.17, 15) is 5.26 Å². The zero-order valence-corrected chi connectivity index (χ0v) is 12.1. The van der Waals surface area contributed by atoms with Gasteiger partial charge in [-0.1, -0.05) is 18.5 Å². The summed E-state index contributed by atoms with van der Waals surface area (Å²) in [7, 11) is 1.85. The van der Waals surface area contributed by atoms with Crippen LogP contribution in [0.25, 0.3) is 0 Å². The molecule has 4 heteroatoms. The van der Waals surface area contributed by atoms with Crippen molar-refractivity contribution in [2.45, 2.75) is 46.0 Å². The maximum Gasteiger partial charge on any atom is 0.130 e. The van der Waals surface area contributed by atoms with E-state index in [4.69, 9.17) is 11.6 Å². The second-order valence-corrected chi connectivity index (χ2v) is 6.09. The molecule has 98 valence electrons. The van der Waals surface area contributed by atoms with Crippen LogP contribution in [-0.2, 0) is 13.5 Å². The number of hydrogen-bond donors (Lipinski definition) is 0. The van der Waals surface area contributed by atoms with Gasteiger partial charge in [-0.05, 0) is 44.9 Å². The van der Waals surface area contributed by atoms with Crippen LogP contribution in [-0.4, -0.2) is 9.78 Å². The second kappa shape index (κ2) is 4.93. The van der Waals surface area contributed by atoms with E-state index >= 15 is 0 Å². The van der Waals surface area contributed by atoms with Crippen molar-refractivity contribution in [3.05, 3.63) is 16.4 Å². The molecule has 1 saturated carbocycles. The van der Waals surface area contributed by atoms with Crippen LogP contribution < -0.4 is 0 Å². The molecule has 0 saturated heterocycles. The van der Waals surface area contributed by atoms with E-state index in [1.165, 1.54) is 0 Å². The molecule has 0 radical (unpaired) electrons. The van der Waals surface area contributed by atoms with Crippen LogP contribution in [0.4, 0.5) is 0 Å². The fourth-order valence-electron chi connectivity index (χ4n) is 2.86. The molecule has 1 aromatic rings. The Bertz CT molecular complexity index is 476. The maximum absolute atomic E-state index is 9.56.